The lowest BCUT2D eigenvalue weighted by molar-refractivity contribution is -0.121. The van der Waals surface area contributed by atoms with Crippen LogP contribution in [0.4, 0.5) is 0 Å². The van der Waals surface area contributed by atoms with Gasteiger partial charge in [-0.15, -0.1) is 0 Å². The van der Waals surface area contributed by atoms with Crippen LogP contribution in [-0.2, 0) is 17.9 Å². The molecule has 0 fully saturated rings. The molecule has 128 valence electrons. The molecule has 8 heteroatoms. The molecule has 0 atom stereocenters. The summed E-state index contributed by atoms with van der Waals surface area (Å²) in [6.45, 7) is 4.14. The highest BCUT2D eigenvalue weighted by Crippen LogP contribution is 1.95. The van der Waals surface area contributed by atoms with Crippen LogP contribution in [0.1, 0.15) is 17.7 Å². The lowest BCUT2D eigenvalue weighted by Crippen LogP contribution is -2.37. The van der Waals surface area contributed by atoms with Gasteiger partial charge < -0.3 is 9.88 Å². The van der Waals surface area contributed by atoms with E-state index in [-0.39, 0.29) is 18.0 Å². The molecular formula is C16H20N4O4. The number of nitrogens with one attached hydrogen (secondary N) is 2. The molecule has 2 heterocycles. The fourth-order valence-corrected chi connectivity index (χ4v) is 2.32. The van der Waals surface area contributed by atoms with E-state index in [9.17, 15) is 19.2 Å². The topological polar surface area (TPSA) is 106 Å². The van der Waals surface area contributed by atoms with Crippen molar-refractivity contribution in [2.24, 2.45) is 0 Å². The second-order valence-electron chi connectivity index (χ2n) is 5.56. The molecule has 2 N–H and O–H groups in total. The summed E-state index contributed by atoms with van der Waals surface area (Å²) in [5, 5.41) is 2.70. The van der Waals surface area contributed by atoms with Gasteiger partial charge in [-0.1, -0.05) is 6.07 Å². The number of hydrogen-bond donors (Lipinski definition) is 2. The van der Waals surface area contributed by atoms with Crippen LogP contribution < -0.4 is 22.1 Å². The first-order valence-electron chi connectivity index (χ1n) is 7.62. The fourth-order valence-electron chi connectivity index (χ4n) is 2.32. The normalized spacial score (nSPS) is 10.6. The van der Waals surface area contributed by atoms with Crippen LogP contribution in [0.25, 0.3) is 0 Å². The van der Waals surface area contributed by atoms with Gasteiger partial charge in [0.15, 0.2) is 0 Å². The van der Waals surface area contributed by atoms with Crippen LogP contribution in [0, 0.1) is 13.8 Å². The molecule has 1 amide bonds. The first kappa shape index (κ1) is 17.5. The monoisotopic (exact) mass is 332 g/mol. The number of aromatic nitrogens is 3. The van der Waals surface area contributed by atoms with Gasteiger partial charge in [0.1, 0.15) is 6.54 Å². The van der Waals surface area contributed by atoms with Crippen molar-refractivity contribution in [3.05, 3.63) is 66.8 Å². The van der Waals surface area contributed by atoms with Crippen molar-refractivity contribution in [1.29, 1.82) is 0 Å². The molecule has 2 rings (SSSR count). The summed E-state index contributed by atoms with van der Waals surface area (Å²) in [4.78, 5) is 48.6. The van der Waals surface area contributed by atoms with E-state index >= 15 is 0 Å². The second kappa shape index (κ2) is 7.58. The molecule has 24 heavy (non-hydrogen) atoms. The van der Waals surface area contributed by atoms with Crippen LogP contribution in [0.2, 0.25) is 0 Å². The van der Waals surface area contributed by atoms with E-state index in [4.69, 9.17) is 0 Å². The highest BCUT2D eigenvalue weighted by Gasteiger charge is 2.06. The molecule has 0 aliphatic carbocycles. The van der Waals surface area contributed by atoms with Gasteiger partial charge in [0.05, 0.1) is 0 Å². The summed E-state index contributed by atoms with van der Waals surface area (Å²) in [5.74, 6) is -0.333. The van der Waals surface area contributed by atoms with E-state index in [2.05, 4.69) is 10.3 Å². The predicted octanol–water partition coefficient (Wildman–Crippen LogP) is -0.478. The van der Waals surface area contributed by atoms with Crippen LogP contribution in [0.3, 0.4) is 0 Å². The molecular weight excluding hydrogens is 312 g/mol. The Labute approximate surface area is 137 Å². The highest BCUT2D eigenvalue weighted by atomic mass is 16.2. The second-order valence-corrected chi connectivity index (χ2v) is 5.56. The first-order chi connectivity index (χ1) is 11.4. The quantitative estimate of drug-likeness (QED) is 0.697. The van der Waals surface area contributed by atoms with Crippen molar-refractivity contribution in [2.75, 3.05) is 6.54 Å². The number of pyridine rings is 1. The van der Waals surface area contributed by atoms with Gasteiger partial charge in [-0.05, 0) is 26.3 Å². The molecule has 0 aromatic carbocycles. The Morgan fingerprint density at radius 1 is 1.21 bits per heavy atom. The molecule has 2 aromatic heterocycles. The van der Waals surface area contributed by atoms with Gasteiger partial charge in [0.25, 0.3) is 11.1 Å². The molecule has 0 saturated carbocycles. The molecule has 8 nitrogen and oxygen atoms in total. The summed E-state index contributed by atoms with van der Waals surface area (Å²) in [6.07, 6.45) is 1.95. The molecule has 0 bridgehead atoms. The average Bonchev–Trinajstić information content (AvgIpc) is 2.51. The van der Waals surface area contributed by atoms with Crippen LogP contribution in [-0.4, -0.2) is 26.6 Å². The Bertz CT molecular complexity index is 907. The van der Waals surface area contributed by atoms with E-state index in [1.807, 2.05) is 13.0 Å². The number of aromatic amines is 1. The molecule has 0 radical (unpaired) electrons. The molecule has 2 aromatic rings. The minimum absolute atomic E-state index is 0.0726. The maximum atomic E-state index is 11.9. The van der Waals surface area contributed by atoms with Gasteiger partial charge in [0, 0.05) is 36.6 Å². The predicted molar refractivity (Wildman–Crippen MR) is 89.1 cm³/mol. The number of rotatable bonds is 6. The summed E-state index contributed by atoms with van der Waals surface area (Å²) in [7, 11) is 0. The zero-order chi connectivity index (χ0) is 17.7. The zero-order valence-corrected chi connectivity index (χ0v) is 13.7. The Hall–Kier alpha value is -2.90. The van der Waals surface area contributed by atoms with Crippen molar-refractivity contribution in [3.8, 4) is 0 Å². The molecule has 0 unspecified atom stereocenters. The summed E-state index contributed by atoms with van der Waals surface area (Å²) < 4.78 is 2.79. The number of carbonyl (C=O) groups is 1. The van der Waals surface area contributed by atoms with Gasteiger partial charge in [-0.2, -0.15) is 0 Å². The number of hydrogen-bond acceptors (Lipinski definition) is 4. The van der Waals surface area contributed by atoms with Gasteiger partial charge in [0.2, 0.25) is 5.91 Å². The van der Waals surface area contributed by atoms with Gasteiger partial charge in [-0.25, -0.2) is 4.79 Å². The maximum absolute atomic E-state index is 11.9. The van der Waals surface area contributed by atoms with E-state index in [1.54, 1.807) is 17.6 Å². The van der Waals surface area contributed by atoms with Crippen molar-refractivity contribution < 1.29 is 4.79 Å². The Morgan fingerprint density at radius 3 is 2.67 bits per heavy atom. The number of carbonyl (C=O) groups excluding carboxylic acids is 1. The summed E-state index contributed by atoms with van der Waals surface area (Å²) in [5.41, 5.74) is 0.0783. The lowest BCUT2D eigenvalue weighted by Gasteiger charge is -2.10. The van der Waals surface area contributed by atoms with Crippen molar-refractivity contribution in [2.45, 2.75) is 33.4 Å². The fraction of sp³-hybridized carbons (Fsp3) is 0.375. The third-order valence-corrected chi connectivity index (χ3v) is 3.65. The molecule has 0 aliphatic heterocycles. The van der Waals surface area contributed by atoms with Crippen LogP contribution >= 0.6 is 0 Å². The largest absolute Gasteiger partial charge is 0.354 e. The summed E-state index contributed by atoms with van der Waals surface area (Å²) in [6, 6.07) is 5.06. The van der Waals surface area contributed by atoms with Gasteiger partial charge in [-0.3, -0.25) is 23.9 Å². The Morgan fingerprint density at radius 2 is 1.96 bits per heavy atom. The number of amides is 1. The zero-order valence-electron chi connectivity index (χ0n) is 13.7. The first-order valence-corrected chi connectivity index (χ1v) is 7.62. The molecule has 0 spiro atoms. The van der Waals surface area contributed by atoms with E-state index in [0.29, 0.717) is 25.1 Å². The molecule has 0 saturated heterocycles. The van der Waals surface area contributed by atoms with Crippen molar-refractivity contribution in [1.82, 2.24) is 19.4 Å². The number of nitrogens with zero attached hydrogens (tertiary/aromatic N) is 2. The smallest absolute Gasteiger partial charge is 0.328 e. The number of aryl methyl sites for hydroxylation is 2. The van der Waals surface area contributed by atoms with E-state index in [1.165, 1.54) is 12.3 Å². The third-order valence-electron chi connectivity index (χ3n) is 3.65. The van der Waals surface area contributed by atoms with Gasteiger partial charge >= 0.3 is 5.69 Å². The van der Waals surface area contributed by atoms with Crippen molar-refractivity contribution in [3.63, 3.8) is 0 Å². The third kappa shape index (κ3) is 4.31. The van der Waals surface area contributed by atoms with Crippen LogP contribution in [0.15, 0.2) is 38.8 Å². The standard InChI is InChI=1S/C16H20N4O4/c1-11-9-19(16(24)18-15(11)23)10-13(21)17-7-4-8-20-12(2)5-3-6-14(20)22/h3,5-6,9H,4,7-8,10H2,1-2H3,(H,17,21)(H,18,23,24). The minimum atomic E-state index is -0.618. The highest BCUT2D eigenvalue weighted by molar-refractivity contribution is 5.75. The lowest BCUT2D eigenvalue weighted by atomic mass is 10.3. The van der Waals surface area contributed by atoms with E-state index in [0.717, 1.165) is 10.3 Å². The van der Waals surface area contributed by atoms with Crippen molar-refractivity contribution >= 4 is 5.91 Å². The van der Waals surface area contributed by atoms with Crippen LogP contribution in [0.5, 0.6) is 0 Å². The Balaban J connectivity index is 1.86. The SMILES string of the molecule is Cc1cn(CC(=O)NCCCn2c(C)cccc2=O)c(=O)[nH]c1=O. The summed E-state index contributed by atoms with van der Waals surface area (Å²) >= 11 is 0. The maximum Gasteiger partial charge on any atom is 0.328 e. The molecule has 0 aliphatic rings. The minimum Gasteiger partial charge on any atom is -0.354 e. The average molecular weight is 332 g/mol. The Kier molecular flexibility index (Phi) is 5.51. The number of H-pyrrole nitrogens is 1. The van der Waals surface area contributed by atoms with E-state index < -0.39 is 11.2 Å².